The van der Waals surface area contributed by atoms with Crippen LogP contribution in [0.15, 0.2) is 18.2 Å². The van der Waals surface area contributed by atoms with Crippen molar-refractivity contribution in [3.8, 4) is 11.5 Å². The van der Waals surface area contributed by atoms with Gasteiger partial charge in [-0.05, 0) is 42.0 Å². The maximum Gasteiger partial charge on any atom is 0.315 e. The third-order valence-electron chi connectivity index (χ3n) is 4.40. The van der Waals surface area contributed by atoms with E-state index in [1.165, 1.54) is 0 Å². The van der Waals surface area contributed by atoms with Crippen molar-refractivity contribution in [1.29, 1.82) is 0 Å². The number of benzene rings is 1. The summed E-state index contributed by atoms with van der Waals surface area (Å²) >= 11 is 1.96. The zero-order valence-electron chi connectivity index (χ0n) is 13.7. The van der Waals surface area contributed by atoms with Gasteiger partial charge in [-0.2, -0.15) is 11.8 Å². The number of thioether (sulfide) groups is 1. The molecule has 2 aliphatic rings. The van der Waals surface area contributed by atoms with E-state index in [1.54, 1.807) is 0 Å². The molecule has 126 valence electrons. The van der Waals surface area contributed by atoms with Gasteiger partial charge in [-0.1, -0.05) is 19.9 Å². The molecule has 0 radical (unpaired) electrons. The summed E-state index contributed by atoms with van der Waals surface area (Å²) in [6, 6.07) is 6.20. The molecule has 6 heteroatoms. The molecule has 2 aliphatic heterocycles. The number of ether oxygens (including phenoxy) is 2. The van der Waals surface area contributed by atoms with Gasteiger partial charge < -0.3 is 20.1 Å². The van der Waals surface area contributed by atoms with E-state index in [0.717, 1.165) is 41.4 Å². The largest absolute Gasteiger partial charge is 0.454 e. The molecule has 0 spiro atoms. The van der Waals surface area contributed by atoms with Gasteiger partial charge in [-0.25, -0.2) is 4.79 Å². The molecule has 0 atom stereocenters. The topological polar surface area (TPSA) is 59.6 Å². The van der Waals surface area contributed by atoms with Gasteiger partial charge in [0.2, 0.25) is 6.79 Å². The summed E-state index contributed by atoms with van der Waals surface area (Å²) in [5.74, 6) is 3.83. The fourth-order valence-electron chi connectivity index (χ4n) is 2.80. The summed E-state index contributed by atoms with van der Waals surface area (Å²) in [5.41, 5.74) is 0.942. The molecule has 1 aromatic carbocycles. The minimum Gasteiger partial charge on any atom is -0.454 e. The molecule has 3 rings (SSSR count). The van der Waals surface area contributed by atoms with Gasteiger partial charge in [0.1, 0.15) is 0 Å². The van der Waals surface area contributed by atoms with Crippen LogP contribution in [0.3, 0.4) is 0 Å². The summed E-state index contributed by atoms with van der Waals surface area (Å²) in [5, 5.41) is 6.08. The third-order valence-corrected chi connectivity index (χ3v) is 5.45. The first-order valence-electron chi connectivity index (χ1n) is 8.07. The molecule has 2 amide bonds. The summed E-state index contributed by atoms with van der Waals surface area (Å²) in [6.07, 6.45) is 2.12. The Kier molecular flexibility index (Phi) is 4.90. The smallest absolute Gasteiger partial charge is 0.315 e. The van der Waals surface area contributed by atoms with E-state index in [4.69, 9.17) is 9.47 Å². The van der Waals surface area contributed by atoms with E-state index in [2.05, 4.69) is 24.5 Å². The van der Waals surface area contributed by atoms with Crippen LogP contribution in [0.5, 0.6) is 11.5 Å². The molecule has 2 heterocycles. The first-order chi connectivity index (χ1) is 11.0. The summed E-state index contributed by atoms with van der Waals surface area (Å²) in [7, 11) is 0. The lowest BCUT2D eigenvalue weighted by molar-refractivity contribution is 0.174. The van der Waals surface area contributed by atoms with Crippen LogP contribution in [0.4, 0.5) is 4.79 Å². The Hall–Kier alpha value is -1.56. The first kappa shape index (κ1) is 16.3. The van der Waals surface area contributed by atoms with Crippen molar-refractivity contribution in [2.24, 2.45) is 0 Å². The summed E-state index contributed by atoms with van der Waals surface area (Å²) in [4.78, 5) is 12.1. The van der Waals surface area contributed by atoms with Gasteiger partial charge in [0.25, 0.3) is 0 Å². The van der Waals surface area contributed by atoms with Crippen LogP contribution in [0, 0.1) is 0 Å². The number of hydrogen-bond acceptors (Lipinski definition) is 4. The van der Waals surface area contributed by atoms with Crippen LogP contribution < -0.4 is 20.1 Å². The van der Waals surface area contributed by atoms with Crippen LogP contribution in [0.2, 0.25) is 0 Å². The molecular formula is C17H24N2O3S. The molecular weight excluding hydrogens is 312 g/mol. The second kappa shape index (κ2) is 6.91. The highest BCUT2D eigenvalue weighted by Crippen LogP contribution is 2.36. The molecule has 0 aliphatic carbocycles. The Morgan fingerprint density at radius 3 is 2.78 bits per heavy atom. The highest BCUT2D eigenvalue weighted by molar-refractivity contribution is 7.99. The van der Waals surface area contributed by atoms with Crippen molar-refractivity contribution in [1.82, 2.24) is 10.6 Å². The van der Waals surface area contributed by atoms with E-state index in [0.29, 0.717) is 12.6 Å². The number of nitrogens with one attached hydrogen (secondary N) is 2. The lowest BCUT2D eigenvalue weighted by Crippen LogP contribution is -2.47. The molecule has 1 aromatic rings. The maximum atomic E-state index is 12.1. The standard InChI is InChI=1S/C17H24N2O3S/c1-17(2,12-3-4-14-15(9-12)22-11-21-14)10-18-16(20)19-13-5-7-23-8-6-13/h3-4,9,13H,5-8,10-11H2,1-2H3,(H2,18,19,20). The molecule has 0 saturated carbocycles. The van der Waals surface area contributed by atoms with Gasteiger partial charge in [0.15, 0.2) is 11.5 Å². The zero-order valence-corrected chi connectivity index (χ0v) is 14.5. The number of amides is 2. The zero-order chi connectivity index (χ0) is 16.3. The Morgan fingerprint density at radius 1 is 1.26 bits per heavy atom. The van der Waals surface area contributed by atoms with Crippen LogP contribution in [0.1, 0.15) is 32.3 Å². The van der Waals surface area contributed by atoms with Gasteiger partial charge >= 0.3 is 6.03 Å². The second-order valence-corrected chi connectivity index (χ2v) is 7.89. The number of rotatable bonds is 4. The lowest BCUT2D eigenvalue weighted by Gasteiger charge is -2.27. The van der Waals surface area contributed by atoms with E-state index < -0.39 is 0 Å². The van der Waals surface area contributed by atoms with Crippen LogP contribution in [0.25, 0.3) is 0 Å². The van der Waals surface area contributed by atoms with Crippen molar-refractivity contribution in [2.75, 3.05) is 24.8 Å². The molecule has 0 bridgehead atoms. The lowest BCUT2D eigenvalue weighted by atomic mass is 9.84. The predicted octanol–water partition coefficient (Wildman–Crippen LogP) is 2.89. The number of hydrogen-bond donors (Lipinski definition) is 2. The third kappa shape index (κ3) is 4.05. The monoisotopic (exact) mass is 336 g/mol. The van der Waals surface area contributed by atoms with E-state index in [1.807, 2.05) is 30.0 Å². The number of carbonyl (C=O) groups excluding carboxylic acids is 1. The number of fused-ring (bicyclic) bond motifs is 1. The fraction of sp³-hybridized carbons (Fsp3) is 0.588. The van der Waals surface area contributed by atoms with E-state index in [-0.39, 0.29) is 18.2 Å². The minimum absolute atomic E-state index is 0.0734. The molecule has 23 heavy (non-hydrogen) atoms. The Morgan fingerprint density at radius 2 is 2.00 bits per heavy atom. The normalized spacial score (nSPS) is 17.8. The molecule has 2 N–H and O–H groups in total. The molecule has 1 fully saturated rings. The summed E-state index contributed by atoms with van der Waals surface area (Å²) < 4.78 is 10.8. The van der Waals surface area contributed by atoms with E-state index >= 15 is 0 Å². The molecule has 1 saturated heterocycles. The number of carbonyl (C=O) groups is 1. The fourth-order valence-corrected chi connectivity index (χ4v) is 3.91. The van der Waals surface area contributed by atoms with Crippen molar-refractivity contribution < 1.29 is 14.3 Å². The highest BCUT2D eigenvalue weighted by atomic mass is 32.2. The van der Waals surface area contributed by atoms with Crippen LogP contribution in [-0.2, 0) is 5.41 Å². The SMILES string of the molecule is CC(C)(CNC(=O)NC1CCSCC1)c1ccc2c(c1)OCO2. The Bertz CT molecular complexity index is 571. The Labute approximate surface area is 141 Å². The highest BCUT2D eigenvalue weighted by Gasteiger charge is 2.25. The maximum absolute atomic E-state index is 12.1. The quantitative estimate of drug-likeness (QED) is 0.888. The van der Waals surface area contributed by atoms with Crippen molar-refractivity contribution in [3.63, 3.8) is 0 Å². The van der Waals surface area contributed by atoms with Gasteiger partial charge in [-0.3, -0.25) is 0 Å². The average molecular weight is 336 g/mol. The van der Waals surface area contributed by atoms with Crippen molar-refractivity contribution in [2.45, 2.75) is 38.1 Å². The number of urea groups is 1. The second-order valence-electron chi connectivity index (χ2n) is 6.67. The molecule has 0 aromatic heterocycles. The minimum atomic E-state index is -0.180. The van der Waals surface area contributed by atoms with Crippen molar-refractivity contribution >= 4 is 17.8 Å². The van der Waals surface area contributed by atoms with Gasteiger partial charge in [-0.15, -0.1) is 0 Å². The van der Waals surface area contributed by atoms with Crippen LogP contribution >= 0.6 is 11.8 Å². The van der Waals surface area contributed by atoms with Gasteiger partial charge in [0.05, 0.1) is 0 Å². The van der Waals surface area contributed by atoms with E-state index in [9.17, 15) is 4.79 Å². The van der Waals surface area contributed by atoms with Crippen LogP contribution in [-0.4, -0.2) is 36.9 Å². The van der Waals surface area contributed by atoms with Gasteiger partial charge in [0, 0.05) is 18.0 Å². The molecule has 0 unspecified atom stereocenters. The molecule has 5 nitrogen and oxygen atoms in total. The van der Waals surface area contributed by atoms with Crippen molar-refractivity contribution in [3.05, 3.63) is 23.8 Å². The summed E-state index contributed by atoms with van der Waals surface area (Å²) in [6.45, 7) is 5.07. The average Bonchev–Trinajstić information content (AvgIpc) is 3.02. The first-order valence-corrected chi connectivity index (χ1v) is 9.22. The Balaban J connectivity index is 1.54. The predicted molar refractivity (Wildman–Crippen MR) is 92.5 cm³/mol.